The fraction of sp³-hybridized carbons (Fsp3) is 0.389. The summed E-state index contributed by atoms with van der Waals surface area (Å²) in [5, 5.41) is 27.7. The highest BCUT2D eigenvalue weighted by atomic mass is 16.6. The van der Waals surface area contributed by atoms with Crippen molar-refractivity contribution in [3.05, 3.63) is 62.1 Å². The van der Waals surface area contributed by atoms with E-state index < -0.39 is 16.3 Å². The number of aromatic nitrogens is 2. The molecular formula is C18H20N4O5. The summed E-state index contributed by atoms with van der Waals surface area (Å²) in [5.74, 6) is -0.617. The van der Waals surface area contributed by atoms with Gasteiger partial charge in [0.2, 0.25) is 5.43 Å². The molecule has 9 heteroatoms. The fourth-order valence-electron chi connectivity index (χ4n) is 3.22. The van der Waals surface area contributed by atoms with E-state index >= 15 is 0 Å². The van der Waals surface area contributed by atoms with Crippen LogP contribution in [0.1, 0.15) is 41.9 Å². The van der Waals surface area contributed by atoms with Gasteiger partial charge in [-0.2, -0.15) is 5.10 Å². The van der Waals surface area contributed by atoms with Crippen molar-refractivity contribution in [3.63, 3.8) is 0 Å². The van der Waals surface area contributed by atoms with Crippen molar-refractivity contribution < 1.29 is 14.8 Å². The zero-order valence-electron chi connectivity index (χ0n) is 14.8. The highest BCUT2D eigenvalue weighted by Crippen LogP contribution is 2.22. The number of nitro groups is 1. The third-order valence-corrected chi connectivity index (χ3v) is 4.66. The van der Waals surface area contributed by atoms with Crippen LogP contribution in [-0.4, -0.2) is 37.9 Å². The van der Waals surface area contributed by atoms with Crippen LogP contribution in [0.4, 0.5) is 5.69 Å². The Morgan fingerprint density at radius 1 is 1.30 bits per heavy atom. The Morgan fingerprint density at radius 2 is 1.96 bits per heavy atom. The number of amides is 1. The van der Waals surface area contributed by atoms with Crippen LogP contribution in [0.25, 0.3) is 5.69 Å². The summed E-state index contributed by atoms with van der Waals surface area (Å²) in [6.45, 7) is 1.59. The first-order valence-corrected chi connectivity index (χ1v) is 8.70. The highest BCUT2D eigenvalue weighted by Gasteiger charge is 2.24. The topological polar surface area (TPSA) is 127 Å². The van der Waals surface area contributed by atoms with E-state index in [2.05, 4.69) is 10.4 Å². The van der Waals surface area contributed by atoms with Gasteiger partial charge in [0.05, 0.1) is 11.0 Å². The summed E-state index contributed by atoms with van der Waals surface area (Å²) in [4.78, 5) is 35.6. The third-order valence-electron chi connectivity index (χ3n) is 4.66. The van der Waals surface area contributed by atoms with Gasteiger partial charge in [-0.25, -0.2) is 4.68 Å². The molecule has 3 rings (SSSR count). The summed E-state index contributed by atoms with van der Waals surface area (Å²) >= 11 is 0. The number of hydrogen-bond acceptors (Lipinski definition) is 6. The molecule has 1 aliphatic carbocycles. The molecule has 1 amide bonds. The Labute approximate surface area is 154 Å². The van der Waals surface area contributed by atoms with Crippen molar-refractivity contribution >= 4 is 11.6 Å². The first-order valence-electron chi connectivity index (χ1n) is 8.70. The summed E-state index contributed by atoms with van der Waals surface area (Å²) in [6.07, 6.45) is 2.07. The average Bonchev–Trinajstić information content (AvgIpc) is 2.63. The van der Waals surface area contributed by atoms with Crippen molar-refractivity contribution in [3.8, 4) is 5.69 Å². The monoisotopic (exact) mass is 372 g/mol. The van der Waals surface area contributed by atoms with E-state index in [1.165, 1.54) is 28.9 Å². The predicted octanol–water partition coefficient (Wildman–Crippen LogP) is 1.48. The summed E-state index contributed by atoms with van der Waals surface area (Å²) in [7, 11) is 0. The second-order valence-electron chi connectivity index (χ2n) is 6.64. The van der Waals surface area contributed by atoms with E-state index in [1.807, 2.05) is 0 Å². The molecule has 1 aromatic heterocycles. The van der Waals surface area contributed by atoms with Gasteiger partial charge in [0.15, 0.2) is 5.69 Å². The van der Waals surface area contributed by atoms with Crippen LogP contribution < -0.4 is 10.7 Å². The van der Waals surface area contributed by atoms with Crippen molar-refractivity contribution in [1.29, 1.82) is 0 Å². The van der Waals surface area contributed by atoms with E-state index in [-0.39, 0.29) is 29.2 Å². The number of rotatable bonds is 4. The Balaban J connectivity index is 1.94. The molecule has 0 spiro atoms. The van der Waals surface area contributed by atoms with E-state index in [0.29, 0.717) is 31.4 Å². The minimum atomic E-state index is -0.617. The van der Waals surface area contributed by atoms with Crippen molar-refractivity contribution in [2.45, 2.75) is 44.8 Å². The summed E-state index contributed by atoms with van der Waals surface area (Å²) in [6, 6.07) is 7.10. The van der Waals surface area contributed by atoms with Crippen LogP contribution in [0.5, 0.6) is 0 Å². The van der Waals surface area contributed by atoms with Gasteiger partial charge < -0.3 is 10.4 Å². The lowest BCUT2D eigenvalue weighted by atomic mass is 9.93. The first kappa shape index (κ1) is 18.7. The van der Waals surface area contributed by atoms with Crippen LogP contribution >= 0.6 is 0 Å². The van der Waals surface area contributed by atoms with Crippen molar-refractivity contribution in [2.24, 2.45) is 0 Å². The van der Waals surface area contributed by atoms with Crippen LogP contribution in [0.3, 0.4) is 0 Å². The molecule has 1 heterocycles. The molecule has 1 aliphatic rings. The molecule has 1 saturated carbocycles. The molecule has 27 heavy (non-hydrogen) atoms. The number of aryl methyl sites for hydroxylation is 1. The van der Waals surface area contributed by atoms with Crippen LogP contribution in [-0.2, 0) is 0 Å². The minimum Gasteiger partial charge on any atom is -0.393 e. The second kappa shape index (κ2) is 7.67. The molecule has 0 unspecified atom stereocenters. The van der Waals surface area contributed by atoms with Gasteiger partial charge in [-0.15, -0.1) is 0 Å². The number of nitro benzene ring substituents is 1. The number of hydrogen-bond donors (Lipinski definition) is 2. The minimum absolute atomic E-state index is 0.136. The molecule has 0 bridgehead atoms. The van der Waals surface area contributed by atoms with Crippen molar-refractivity contribution in [2.75, 3.05) is 0 Å². The molecule has 142 valence electrons. The Morgan fingerprint density at radius 3 is 2.63 bits per heavy atom. The molecule has 0 aliphatic heterocycles. The molecule has 0 atom stereocenters. The smallest absolute Gasteiger partial charge is 0.294 e. The van der Waals surface area contributed by atoms with Crippen LogP contribution in [0.2, 0.25) is 0 Å². The number of aliphatic hydroxyl groups is 1. The molecule has 0 saturated heterocycles. The van der Waals surface area contributed by atoms with Crippen LogP contribution in [0.15, 0.2) is 35.1 Å². The maximum absolute atomic E-state index is 12.5. The molecule has 0 radical (unpaired) electrons. The number of carbonyl (C=O) groups is 1. The number of benzene rings is 1. The second-order valence-corrected chi connectivity index (χ2v) is 6.64. The number of nitrogens with one attached hydrogen (secondary N) is 1. The number of carbonyl (C=O) groups excluding carboxylic acids is 1. The third kappa shape index (κ3) is 4.03. The molecule has 1 fully saturated rings. The molecule has 9 nitrogen and oxygen atoms in total. The summed E-state index contributed by atoms with van der Waals surface area (Å²) < 4.78 is 1.24. The number of aliphatic hydroxyl groups excluding tert-OH is 1. The lowest BCUT2D eigenvalue weighted by Gasteiger charge is -2.26. The molecule has 1 aromatic carbocycles. The predicted molar refractivity (Wildman–Crippen MR) is 97.0 cm³/mol. The van der Waals surface area contributed by atoms with E-state index in [1.54, 1.807) is 13.0 Å². The lowest BCUT2D eigenvalue weighted by Crippen LogP contribution is -2.41. The van der Waals surface area contributed by atoms with Crippen molar-refractivity contribution in [1.82, 2.24) is 15.1 Å². The highest BCUT2D eigenvalue weighted by molar-refractivity contribution is 5.92. The first-order chi connectivity index (χ1) is 12.9. The van der Waals surface area contributed by atoms with Crippen LogP contribution in [0, 0.1) is 17.0 Å². The van der Waals surface area contributed by atoms with E-state index in [9.17, 15) is 24.8 Å². The molecule has 2 N–H and O–H groups in total. The van der Waals surface area contributed by atoms with Gasteiger partial charge in [0.1, 0.15) is 5.69 Å². The van der Waals surface area contributed by atoms with Gasteiger partial charge in [-0.1, -0.05) is 12.1 Å². The maximum Gasteiger partial charge on any atom is 0.294 e. The normalized spacial score (nSPS) is 19.5. The number of para-hydroxylation sites is 2. The Hall–Kier alpha value is -3.07. The Kier molecular flexibility index (Phi) is 5.31. The van der Waals surface area contributed by atoms with E-state index in [0.717, 1.165) is 0 Å². The van der Waals surface area contributed by atoms with Gasteiger partial charge in [-0.3, -0.25) is 19.7 Å². The Bertz CT molecular complexity index is 932. The average molecular weight is 372 g/mol. The van der Waals surface area contributed by atoms with Gasteiger partial charge >= 0.3 is 0 Å². The largest absolute Gasteiger partial charge is 0.393 e. The lowest BCUT2D eigenvalue weighted by molar-refractivity contribution is -0.384. The fourth-order valence-corrected chi connectivity index (χ4v) is 3.22. The quantitative estimate of drug-likeness (QED) is 0.618. The summed E-state index contributed by atoms with van der Waals surface area (Å²) in [5.41, 5.74) is -0.480. The molecule has 2 aromatic rings. The van der Waals surface area contributed by atoms with E-state index in [4.69, 9.17) is 0 Å². The number of nitrogens with zero attached hydrogens (tertiary/aromatic N) is 3. The van der Waals surface area contributed by atoms with Gasteiger partial charge in [0, 0.05) is 23.9 Å². The zero-order valence-corrected chi connectivity index (χ0v) is 14.8. The zero-order chi connectivity index (χ0) is 19.6. The van der Waals surface area contributed by atoms with Gasteiger partial charge in [0.25, 0.3) is 11.6 Å². The standard InChI is InChI=1S/C18H20N4O5/c1-11-10-16(24)17(18(25)19-12-6-8-13(23)9-7-12)20-21(11)14-4-2-3-5-15(14)22(26)27/h2-5,10,12-13,23H,6-9H2,1H3,(H,19,25). The maximum atomic E-state index is 12.5. The SMILES string of the molecule is Cc1cc(=O)c(C(=O)NC2CCC(O)CC2)nn1-c1ccccc1[N+](=O)[O-]. The van der Waals surface area contributed by atoms with Gasteiger partial charge in [-0.05, 0) is 38.7 Å². The molecular weight excluding hydrogens is 352 g/mol.